The van der Waals surface area contributed by atoms with Gasteiger partial charge in [-0.3, -0.25) is 0 Å². The SMILES string of the molecule is c1ccc(-c2ccc3ccc4nc[se]c4c3c2)cc1. The van der Waals surface area contributed by atoms with Gasteiger partial charge < -0.3 is 0 Å². The van der Waals surface area contributed by atoms with Crippen molar-refractivity contribution in [1.29, 1.82) is 0 Å². The Hall–Kier alpha value is -1.89. The molecule has 0 aliphatic heterocycles. The topological polar surface area (TPSA) is 12.9 Å². The van der Waals surface area contributed by atoms with Crippen LogP contribution in [0.1, 0.15) is 0 Å². The fourth-order valence-electron chi connectivity index (χ4n) is 2.45. The van der Waals surface area contributed by atoms with Gasteiger partial charge in [-0.15, -0.1) is 0 Å². The predicted molar refractivity (Wildman–Crippen MR) is 81.6 cm³/mol. The molecule has 0 bridgehead atoms. The molecule has 0 fully saturated rings. The number of hydrogen-bond acceptors (Lipinski definition) is 1. The van der Waals surface area contributed by atoms with Crippen molar-refractivity contribution >= 4 is 35.1 Å². The fourth-order valence-corrected chi connectivity index (χ4v) is 4.17. The Kier molecular flexibility index (Phi) is 2.51. The van der Waals surface area contributed by atoms with E-state index in [2.05, 4.69) is 70.7 Å². The zero-order valence-corrected chi connectivity index (χ0v) is 11.9. The van der Waals surface area contributed by atoms with E-state index in [1.54, 1.807) is 0 Å². The Bertz CT molecular complexity index is 862. The molecule has 1 aromatic heterocycles. The molecule has 2 heteroatoms. The molecule has 1 nitrogen and oxygen atoms in total. The quantitative estimate of drug-likeness (QED) is 0.482. The van der Waals surface area contributed by atoms with Crippen molar-refractivity contribution in [2.45, 2.75) is 0 Å². The van der Waals surface area contributed by atoms with Gasteiger partial charge in [0.25, 0.3) is 0 Å². The summed E-state index contributed by atoms with van der Waals surface area (Å²) in [5, 5.41) is 4.73. The average Bonchev–Trinajstić information content (AvgIpc) is 2.96. The number of nitrogens with zero attached hydrogens (tertiary/aromatic N) is 1. The van der Waals surface area contributed by atoms with Crippen molar-refractivity contribution < 1.29 is 0 Å². The summed E-state index contributed by atoms with van der Waals surface area (Å²) in [5.74, 6) is 0. The summed E-state index contributed by atoms with van der Waals surface area (Å²) in [6.45, 7) is 0. The van der Waals surface area contributed by atoms with Crippen LogP contribution >= 0.6 is 0 Å². The van der Waals surface area contributed by atoms with Crippen LogP contribution in [0, 0.1) is 0 Å². The Labute approximate surface area is 117 Å². The second kappa shape index (κ2) is 4.34. The molecule has 0 radical (unpaired) electrons. The van der Waals surface area contributed by atoms with Crippen LogP contribution in [0.3, 0.4) is 0 Å². The van der Waals surface area contributed by atoms with Crippen LogP contribution in [0.15, 0.2) is 65.7 Å². The first-order valence-corrected chi connectivity index (χ1v) is 8.08. The predicted octanol–water partition coefficient (Wildman–Crippen LogP) is 4.11. The van der Waals surface area contributed by atoms with Crippen molar-refractivity contribution in [2.24, 2.45) is 0 Å². The van der Waals surface area contributed by atoms with E-state index in [1.165, 1.54) is 26.2 Å². The Balaban J connectivity index is 2.04. The maximum absolute atomic E-state index is 4.45. The number of fused-ring (bicyclic) bond motifs is 3. The molecule has 0 atom stereocenters. The van der Waals surface area contributed by atoms with Gasteiger partial charge >= 0.3 is 117 Å². The molecule has 0 N–H and O–H groups in total. The number of rotatable bonds is 1. The second-order valence-electron chi connectivity index (χ2n) is 4.57. The molecule has 0 saturated carbocycles. The zero-order valence-electron chi connectivity index (χ0n) is 10.2. The molecule has 0 unspecified atom stereocenters. The molecule has 19 heavy (non-hydrogen) atoms. The van der Waals surface area contributed by atoms with Gasteiger partial charge in [0.05, 0.1) is 0 Å². The van der Waals surface area contributed by atoms with Crippen molar-refractivity contribution in [1.82, 2.24) is 4.98 Å². The molecular weight excluding hydrogens is 297 g/mol. The van der Waals surface area contributed by atoms with E-state index < -0.39 is 0 Å². The second-order valence-corrected chi connectivity index (χ2v) is 6.36. The fraction of sp³-hybridized carbons (Fsp3) is 0. The standard InChI is InChI=1S/C17H11NSe/c1-2-4-12(5-3-1)14-7-6-13-8-9-16-17(15(13)10-14)19-11-18-16/h1-11H. The summed E-state index contributed by atoms with van der Waals surface area (Å²) in [6, 6.07) is 21.6. The van der Waals surface area contributed by atoms with E-state index in [4.69, 9.17) is 0 Å². The number of hydrogen-bond donors (Lipinski definition) is 0. The van der Waals surface area contributed by atoms with Gasteiger partial charge in [0.2, 0.25) is 0 Å². The summed E-state index contributed by atoms with van der Waals surface area (Å²) >= 11 is 0.379. The monoisotopic (exact) mass is 309 g/mol. The first-order valence-electron chi connectivity index (χ1n) is 6.23. The summed E-state index contributed by atoms with van der Waals surface area (Å²) in [6.07, 6.45) is 0. The van der Waals surface area contributed by atoms with Gasteiger partial charge in [0.15, 0.2) is 0 Å². The van der Waals surface area contributed by atoms with Crippen LogP contribution < -0.4 is 0 Å². The van der Waals surface area contributed by atoms with Crippen molar-refractivity contribution in [2.75, 3.05) is 0 Å². The summed E-state index contributed by atoms with van der Waals surface area (Å²) in [4.78, 5) is 4.45. The molecule has 4 aromatic rings. The van der Waals surface area contributed by atoms with Crippen LogP contribution in [-0.2, 0) is 0 Å². The molecule has 90 valence electrons. The molecule has 3 aromatic carbocycles. The molecule has 0 spiro atoms. The van der Waals surface area contributed by atoms with Gasteiger partial charge in [-0.2, -0.15) is 0 Å². The van der Waals surface area contributed by atoms with Crippen molar-refractivity contribution in [3.8, 4) is 11.1 Å². The molecule has 1 heterocycles. The van der Waals surface area contributed by atoms with E-state index in [9.17, 15) is 0 Å². The molecule has 0 aliphatic carbocycles. The molecule has 4 rings (SSSR count). The van der Waals surface area contributed by atoms with Crippen molar-refractivity contribution in [3.63, 3.8) is 0 Å². The minimum absolute atomic E-state index is 0.379. The zero-order chi connectivity index (χ0) is 12.7. The maximum atomic E-state index is 4.45. The van der Waals surface area contributed by atoms with E-state index >= 15 is 0 Å². The molecular formula is C17H11NSe. The summed E-state index contributed by atoms with van der Waals surface area (Å²) < 4.78 is 1.42. The third kappa shape index (κ3) is 1.81. The first kappa shape index (κ1) is 11.0. The Morgan fingerprint density at radius 1 is 0.789 bits per heavy atom. The first-order chi connectivity index (χ1) is 9.42. The number of aromatic nitrogens is 1. The van der Waals surface area contributed by atoms with Gasteiger partial charge in [-0.05, 0) is 0 Å². The Morgan fingerprint density at radius 3 is 2.53 bits per heavy atom. The minimum atomic E-state index is 0.379. The number of benzene rings is 3. The van der Waals surface area contributed by atoms with Gasteiger partial charge in [0.1, 0.15) is 0 Å². The van der Waals surface area contributed by atoms with E-state index in [1.807, 2.05) is 0 Å². The van der Waals surface area contributed by atoms with Crippen LogP contribution in [0.4, 0.5) is 0 Å². The van der Waals surface area contributed by atoms with E-state index in [-0.39, 0.29) is 0 Å². The third-order valence-corrected chi connectivity index (χ3v) is 5.26. The Morgan fingerprint density at radius 2 is 1.63 bits per heavy atom. The molecule has 0 saturated heterocycles. The van der Waals surface area contributed by atoms with Gasteiger partial charge in [-0.1, -0.05) is 0 Å². The van der Waals surface area contributed by atoms with Gasteiger partial charge in [0, 0.05) is 0 Å². The molecule has 0 amide bonds. The third-order valence-electron chi connectivity index (χ3n) is 3.42. The summed E-state index contributed by atoms with van der Waals surface area (Å²) in [7, 11) is 0. The van der Waals surface area contributed by atoms with Crippen LogP contribution in [0.25, 0.3) is 31.7 Å². The molecule has 0 aliphatic rings. The van der Waals surface area contributed by atoms with Gasteiger partial charge in [-0.25, -0.2) is 0 Å². The van der Waals surface area contributed by atoms with Crippen LogP contribution in [-0.4, -0.2) is 19.5 Å². The van der Waals surface area contributed by atoms with Crippen molar-refractivity contribution in [3.05, 3.63) is 65.7 Å². The van der Waals surface area contributed by atoms with E-state index in [0.717, 1.165) is 5.52 Å². The average molecular weight is 308 g/mol. The van der Waals surface area contributed by atoms with Crippen LogP contribution in [0.5, 0.6) is 0 Å². The summed E-state index contributed by atoms with van der Waals surface area (Å²) in [5.41, 5.74) is 3.70. The van der Waals surface area contributed by atoms with E-state index in [0.29, 0.717) is 14.5 Å². The van der Waals surface area contributed by atoms with Crippen LogP contribution in [0.2, 0.25) is 0 Å². The normalized spacial score (nSPS) is 11.2.